The van der Waals surface area contributed by atoms with Gasteiger partial charge in [-0.2, -0.15) is 13.9 Å². The molecular formula is C29H33N4O8S+. The Morgan fingerprint density at radius 2 is 1.86 bits per heavy atom. The van der Waals surface area contributed by atoms with E-state index in [0.717, 1.165) is 27.3 Å². The van der Waals surface area contributed by atoms with Gasteiger partial charge in [0, 0.05) is 61.3 Å². The van der Waals surface area contributed by atoms with E-state index in [-0.39, 0.29) is 24.1 Å². The van der Waals surface area contributed by atoms with Crippen molar-refractivity contribution in [2.24, 2.45) is 0 Å². The largest absolute Gasteiger partial charge is 0.493 e. The molecule has 1 aromatic carbocycles. The number of hydrogen-bond donors (Lipinski definition) is 2. The summed E-state index contributed by atoms with van der Waals surface area (Å²) >= 11 is 0. The van der Waals surface area contributed by atoms with Crippen LogP contribution in [0.5, 0.6) is 5.75 Å². The molecule has 42 heavy (non-hydrogen) atoms. The van der Waals surface area contributed by atoms with Gasteiger partial charge in [0.1, 0.15) is 18.1 Å². The van der Waals surface area contributed by atoms with Crippen molar-refractivity contribution >= 4 is 21.9 Å². The molecule has 0 saturated heterocycles. The number of amides is 2. The van der Waals surface area contributed by atoms with Crippen LogP contribution < -0.4 is 14.8 Å². The molecule has 0 unspecified atom stereocenters. The van der Waals surface area contributed by atoms with Crippen LogP contribution in [0.3, 0.4) is 0 Å². The Morgan fingerprint density at radius 1 is 1.12 bits per heavy atom. The third-order valence-corrected chi connectivity index (χ3v) is 7.14. The number of rotatable bonds is 16. The van der Waals surface area contributed by atoms with E-state index >= 15 is 0 Å². The van der Waals surface area contributed by atoms with Crippen LogP contribution in [0, 0.1) is 6.92 Å². The Labute approximate surface area is 244 Å². The lowest BCUT2D eigenvalue weighted by atomic mass is 10.1. The third-order valence-electron chi connectivity index (χ3n) is 6.33. The van der Waals surface area contributed by atoms with E-state index in [1.807, 2.05) is 41.8 Å². The summed E-state index contributed by atoms with van der Waals surface area (Å²) in [5.74, 6) is 1.39. The lowest BCUT2D eigenvalue weighted by molar-refractivity contribution is -0.696. The summed E-state index contributed by atoms with van der Waals surface area (Å²) in [5.41, 5.74) is 5.29. The number of allylic oxidation sites excluding steroid dienone is 1. The van der Waals surface area contributed by atoms with Crippen LogP contribution >= 0.6 is 0 Å². The Morgan fingerprint density at radius 3 is 2.55 bits per heavy atom. The van der Waals surface area contributed by atoms with Crippen LogP contribution in [0.25, 0.3) is 22.8 Å². The predicted molar refractivity (Wildman–Crippen MR) is 152 cm³/mol. The minimum absolute atomic E-state index is 0.210. The van der Waals surface area contributed by atoms with Crippen molar-refractivity contribution in [2.45, 2.75) is 32.7 Å². The van der Waals surface area contributed by atoms with Gasteiger partial charge >= 0.3 is 0 Å². The molecular weight excluding hydrogens is 564 g/mol. The van der Waals surface area contributed by atoms with Crippen molar-refractivity contribution < 1.29 is 41.1 Å². The molecule has 2 amide bonds. The molecule has 0 fully saturated rings. The summed E-state index contributed by atoms with van der Waals surface area (Å²) in [6, 6.07) is 9.41. The van der Waals surface area contributed by atoms with E-state index in [0.29, 0.717) is 56.4 Å². The first-order chi connectivity index (χ1) is 20.1. The van der Waals surface area contributed by atoms with Crippen LogP contribution in [0.4, 0.5) is 0 Å². The molecule has 1 aliphatic rings. The monoisotopic (exact) mass is 597 g/mol. The maximum Gasteiger partial charge on any atom is 0.265 e. The average molecular weight is 598 g/mol. The third kappa shape index (κ3) is 8.83. The first kappa shape index (κ1) is 30.6. The molecule has 0 saturated carbocycles. The van der Waals surface area contributed by atoms with Gasteiger partial charge < -0.3 is 14.0 Å². The van der Waals surface area contributed by atoms with Crippen molar-refractivity contribution in [3.63, 3.8) is 0 Å². The zero-order valence-corrected chi connectivity index (χ0v) is 24.0. The Kier molecular flexibility index (Phi) is 10.2. The number of nitrogens with zero attached hydrogens (tertiary/aromatic N) is 3. The molecule has 0 radical (unpaired) electrons. The number of carbonyl (C=O) groups excluding carboxylic acids is 2. The molecule has 0 spiro atoms. The molecule has 0 bridgehead atoms. The summed E-state index contributed by atoms with van der Waals surface area (Å²) in [6.07, 6.45) is 9.31. The lowest BCUT2D eigenvalue weighted by Gasteiger charge is -2.15. The first-order valence-electron chi connectivity index (χ1n) is 13.3. The van der Waals surface area contributed by atoms with Crippen molar-refractivity contribution in [2.75, 3.05) is 25.4 Å². The lowest BCUT2D eigenvalue weighted by Crippen LogP contribution is -2.36. The highest BCUT2D eigenvalue weighted by Crippen LogP contribution is 2.29. The number of carbonyl (C=O) groups is 2. The molecule has 3 heterocycles. The maximum atomic E-state index is 11.5. The van der Waals surface area contributed by atoms with Gasteiger partial charge in [0.05, 0.1) is 18.6 Å². The quantitative estimate of drug-likeness (QED) is 0.0629. The number of benzene rings is 1. The molecule has 2 N–H and O–H groups in total. The van der Waals surface area contributed by atoms with Gasteiger partial charge in [0.15, 0.2) is 18.2 Å². The average Bonchev–Trinajstić information content (AvgIpc) is 3.56. The predicted octanol–water partition coefficient (Wildman–Crippen LogP) is 3.00. The minimum Gasteiger partial charge on any atom is -0.493 e. The van der Waals surface area contributed by atoms with Crippen LogP contribution in [0.1, 0.15) is 24.8 Å². The summed E-state index contributed by atoms with van der Waals surface area (Å²) in [5, 5.41) is 0. The highest BCUT2D eigenvalue weighted by molar-refractivity contribution is 7.85. The smallest absolute Gasteiger partial charge is 0.265 e. The van der Waals surface area contributed by atoms with Crippen LogP contribution in [-0.4, -0.2) is 60.1 Å². The van der Waals surface area contributed by atoms with Gasteiger partial charge in [-0.1, -0.05) is 6.58 Å². The summed E-state index contributed by atoms with van der Waals surface area (Å²) in [7, 11) is -3.97. The fraction of sp³-hybridized carbons (Fsp3) is 0.310. The van der Waals surface area contributed by atoms with Crippen LogP contribution in [-0.2, 0) is 31.1 Å². The number of aromatic nitrogens is 2. The normalized spacial score (nSPS) is 13.1. The fourth-order valence-electron chi connectivity index (χ4n) is 4.15. The number of hydrogen-bond acceptors (Lipinski definition) is 9. The maximum absolute atomic E-state index is 11.5. The number of pyridine rings is 1. The topological polar surface area (TPSA) is 152 Å². The summed E-state index contributed by atoms with van der Waals surface area (Å²) in [6.45, 7) is 7.23. The van der Waals surface area contributed by atoms with E-state index in [1.54, 1.807) is 18.6 Å². The summed E-state index contributed by atoms with van der Waals surface area (Å²) in [4.78, 5) is 33.9. The molecule has 0 atom stereocenters. The van der Waals surface area contributed by atoms with Crippen molar-refractivity contribution in [3.8, 4) is 28.5 Å². The second-order valence-corrected chi connectivity index (χ2v) is 11.2. The van der Waals surface area contributed by atoms with Crippen LogP contribution in [0.15, 0.2) is 77.8 Å². The van der Waals surface area contributed by atoms with Crippen molar-refractivity contribution in [1.82, 2.24) is 15.4 Å². The number of aryl methyl sites for hydroxylation is 2. The number of ether oxygens (including phenoxy) is 1. The van der Waals surface area contributed by atoms with Crippen molar-refractivity contribution in [3.05, 3.63) is 79.0 Å². The van der Waals surface area contributed by atoms with Gasteiger partial charge in [-0.25, -0.2) is 9.55 Å². The molecule has 2 aromatic heterocycles. The van der Waals surface area contributed by atoms with E-state index in [2.05, 4.69) is 17.0 Å². The van der Waals surface area contributed by atoms with Gasteiger partial charge in [-0.15, -0.1) is 0 Å². The Hall–Kier alpha value is -4.33. The van der Waals surface area contributed by atoms with Crippen molar-refractivity contribution in [1.29, 1.82) is 0 Å². The number of imide groups is 1. The molecule has 222 valence electrons. The highest BCUT2D eigenvalue weighted by atomic mass is 32.2. The molecule has 0 aliphatic carbocycles. The minimum atomic E-state index is -3.97. The first-order valence-corrected chi connectivity index (χ1v) is 15.0. The van der Waals surface area contributed by atoms with E-state index < -0.39 is 10.1 Å². The highest BCUT2D eigenvalue weighted by Gasteiger charge is 2.22. The van der Waals surface area contributed by atoms with E-state index in [9.17, 15) is 18.0 Å². The fourth-order valence-corrected chi connectivity index (χ4v) is 4.64. The molecule has 1 aliphatic heterocycles. The Bertz CT molecular complexity index is 1550. The summed E-state index contributed by atoms with van der Waals surface area (Å²) < 4.78 is 44.3. The van der Waals surface area contributed by atoms with Gasteiger partial charge in [0.2, 0.25) is 5.89 Å². The van der Waals surface area contributed by atoms with E-state index in [4.69, 9.17) is 18.5 Å². The van der Waals surface area contributed by atoms with Gasteiger partial charge in [0.25, 0.3) is 21.9 Å². The molecule has 3 aromatic rings. The Balaban J connectivity index is 1.19. The van der Waals surface area contributed by atoms with Gasteiger partial charge in [-0.3, -0.25) is 19.0 Å². The van der Waals surface area contributed by atoms with E-state index in [1.165, 1.54) is 12.2 Å². The molecule has 4 rings (SSSR count). The molecule has 13 heteroatoms. The zero-order valence-electron chi connectivity index (χ0n) is 23.2. The second-order valence-electron chi connectivity index (χ2n) is 9.62. The van der Waals surface area contributed by atoms with Gasteiger partial charge in [-0.05, 0) is 37.1 Å². The van der Waals surface area contributed by atoms with Crippen LogP contribution in [0.2, 0.25) is 0 Å². The zero-order chi connectivity index (χ0) is 30.1. The number of nitrogens with one attached hydrogen (secondary N) is 1. The number of oxazole rings is 1. The molecule has 12 nitrogen and oxygen atoms in total. The standard InChI is InChI=1S/C29H32N4O8S/c1-21-19-24(26-20-30-29(40-26)23-10-14-32(15-11-23)13-4-18-42(36,37)38)6-7-25(21)39-17-3-5-22(2)41-31-12-16-33-27(34)8-9-28(33)35/h6-11,14-15,19-20,31H,2-5,12-13,16-18H2,1H3/p+1. The second kappa shape index (κ2) is 14.0. The number of hydroxylamine groups is 1. The SMILES string of the molecule is C=C(CCCOc1ccc(-c2cnc(-c3cc[n+](CCCS(=O)(=O)O)cc3)o2)cc1C)ONCCN1C(=O)C=CC1=O.